The standard InChI is InChI=1S/C32H34F4O/c1-3-5-6-7-9-23-15-17-26(30(34)29(23)33)21-10-12-22(13-11-21)27-18-19-28(32(36)31(27)35)24-14-16-25(8-4-2)37-20-24/h4,8,10-13,15,17-19,24-25H,3,5-7,9,14,16,20H2,1-2H3/b8-4+. The molecule has 1 aliphatic heterocycles. The Morgan fingerprint density at radius 3 is 2.00 bits per heavy atom. The summed E-state index contributed by atoms with van der Waals surface area (Å²) in [5.74, 6) is -3.66. The fourth-order valence-corrected chi connectivity index (χ4v) is 5.06. The van der Waals surface area contributed by atoms with Crippen molar-refractivity contribution in [3.8, 4) is 22.3 Å². The van der Waals surface area contributed by atoms with Crippen LogP contribution >= 0.6 is 0 Å². The third-order valence-electron chi connectivity index (χ3n) is 7.24. The molecule has 0 aliphatic carbocycles. The van der Waals surface area contributed by atoms with Gasteiger partial charge in [0.25, 0.3) is 0 Å². The molecule has 0 aromatic heterocycles. The molecule has 2 unspecified atom stereocenters. The first-order valence-corrected chi connectivity index (χ1v) is 13.2. The fraction of sp³-hybridized carbons (Fsp3) is 0.375. The molecular formula is C32H34F4O. The molecule has 1 saturated heterocycles. The Morgan fingerprint density at radius 1 is 0.757 bits per heavy atom. The first kappa shape index (κ1) is 27.1. The molecule has 1 fully saturated rings. The van der Waals surface area contributed by atoms with Crippen molar-refractivity contribution < 1.29 is 22.3 Å². The SMILES string of the molecule is C/C=C/C1CCC(c2ccc(-c3ccc(-c4ccc(CCCCCC)c(F)c4F)cc3)c(F)c2F)CO1. The lowest BCUT2D eigenvalue weighted by molar-refractivity contribution is 0.0317. The van der Waals surface area contributed by atoms with Crippen LogP contribution in [0.25, 0.3) is 22.3 Å². The summed E-state index contributed by atoms with van der Waals surface area (Å²) >= 11 is 0. The zero-order chi connectivity index (χ0) is 26.4. The second kappa shape index (κ2) is 12.6. The highest BCUT2D eigenvalue weighted by Crippen LogP contribution is 2.35. The van der Waals surface area contributed by atoms with Crippen molar-refractivity contribution in [2.45, 2.75) is 70.8 Å². The maximum Gasteiger partial charge on any atom is 0.166 e. The molecule has 0 spiro atoms. The number of allylic oxidation sites excluding steroid dienone is 1. The van der Waals surface area contributed by atoms with Gasteiger partial charge in [0.15, 0.2) is 23.3 Å². The minimum absolute atomic E-state index is 0.0206. The lowest BCUT2D eigenvalue weighted by Gasteiger charge is -2.28. The monoisotopic (exact) mass is 510 g/mol. The molecule has 0 saturated carbocycles. The maximum absolute atomic E-state index is 15.1. The summed E-state index contributed by atoms with van der Waals surface area (Å²) < 4.78 is 65.4. The largest absolute Gasteiger partial charge is 0.374 e. The predicted molar refractivity (Wildman–Crippen MR) is 142 cm³/mol. The maximum atomic E-state index is 15.1. The third-order valence-corrected chi connectivity index (χ3v) is 7.24. The van der Waals surface area contributed by atoms with Crippen molar-refractivity contribution in [1.82, 2.24) is 0 Å². The topological polar surface area (TPSA) is 9.23 Å². The van der Waals surface area contributed by atoms with Crippen LogP contribution in [0.1, 0.15) is 69.4 Å². The minimum atomic E-state index is -0.912. The van der Waals surface area contributed by atoms with Gasteiger partial charge < -0.3 is 4.74 Å². The van der Waals surface area contributed by atoms with Gasteiger partial charge >= 0.3 is 0 Å². The van der Waals surface area contributed by atoms with Gasteiger partial charge in [-0.1, -0.05) is 86.9 Å². The fourth-order valence-electron chi connectivity index (χ4n) is 5.06. The first-order valence-electron chi connectivity index (χ1n) is 13.2. The number of hydrogen-bond donors (Lipinski definition) is 0. The number of benzene rings is 3. The van der Waals surface area contributed by atoms with E-state index in [1.165, 1.54) is 0 Å². The van der Waals surface area contributed by atoms with E-state index in [9.17, 15) is 8.78 Å². The van der Waals surface area contributed by atoms with Gasteiger partial charge in [-0.15, -0.1) is 0 Å². The summed E-state index contributed by atoms with van der Waals surface area (Å²) in [7, 11) is 0. The van der Waals surface area contributed by atoms with E-state index >= 15 is 8.78 Å². The molecule has 0 radical (unpaired) electrons. The molecule has 0 bridgehead atoms. The van der Waals surface area contributed by atoms with E-state index in [0.717, 1.165) is 38.5 Å². The van der Waals surface area contributed by atoms with E-state index in [1.807, 2.05) is 19.1 Å². The molecule has 1 aliphatic rings. The Hall–Kier alpha value is -2.92. The van der Waals surface area contributed by atoms with Crippen LogP contribution in [0.5, 0.6) is 0 Å². The number of rotatable bonds is 9. The van der Waals surface area contributed by atoms with Crippen molar-refractivity contribution in [1.29, 1.82) is 0 Å². The van der Waals surface area contributed by atoms with E-state index in [-0.39, 0.29) is 23.1 Å². The van der Waals surface area contributed by atoms with Crippen molar-refractivity contribution in [3.05, 3.63) is 95.1 Å². The molecule has 0 amide bonds. The van der Waals surface area contributed by atoms with Gasteiger partial charge in [-0.3, -0.25) is 0 Å². The number of aryl methyl sites for hydroxylation is 1. The van der Waals surface area contributed by atoms with Crippen molar-refractivity contribution in [2.75, 3.05) is 6.61 Å². The Labute approximate surface area is 217 Å². The van der Waals surface area contributed by atoms with E-state index in [2.05, 4.69) is 6.92 Å². The van der Waals surface area contributed by atoms with Gasteiger partial charge in [0.2, 0.25) is 0 Å². The summed E-state index contributed by atoms with van der Waals surface area (Å²) in [5, 5.41) is 0. The van der Waals surface area contributed by atoms with E-state index in [4.69, 9.17) is 4.74 Å². The number of halogens is 4. The van der Waals surface area contributed by atoms with Crippen molar-refractivity contribution in [2.24, 2.45) is 0 Å². The van der Waals surface area contributed by atoms with Gasteiger partial charge in [-0.05, 0) is 54.9 Å². The molecule has 1 heterocycles. The second-order valence-corrected chi connectivity index (χ2v) is 9.79. The highest BCUT2D eigenvalue weighted by Gasteiger charge is 2.26. The number of unbranched alkanes of at least 4 members (excludes halogenated alkanes) is 3. The molecule has 5 heteroatoms. The van der Waals surface area contributed by atoms with Gasteiger partial charge in [-0.2, -0.15) is 0 Å². The molecule has 37 heavy (non-hydrogen) atoms. The minimum Gasteiger partial charge on any atom is -0.374 e. The first-order chi connectivity index (χ1) is 17.9. The van der Waals surface area contributed by atoms with Crippen LogP contribution in [0.2, 0.25) is 0 Å². The van der Waals surface area contributed by atoms with Gasteiger partial charge in [0.1, 0.15) is 0 Å². The number of ether oxygens (including phenoxy) is 1. The Bertz CT molecular complexity index is 1220. The zero-order valence-electron chi connectivity index (χ0n) is 21.5. The summed E-state index contributed by atoms with van der Waals surface area (Å²) in [6.45, 7) is 4.38. The average molecular weight is 511 g/mol. The summed E-state index contributed by atoms with van der Waals surface area (Å²) in [6.07, 6.45) is 9.89. The van der Waals surface area contributed by atoms with E-state index < -0.39 is 23.3 Å². The van der Waals surface area contributed by atoms with Crippen molar-refractivity contribution in [3.63, 3.8) is 0 Å². The van der Waals surface area contributed by atoms with Crippen LogP contribution in [0.3, 0.4) is 0 Å². The second-order valence-electron chi connectivity index (χ2n) is 9.79. The lowest BCUT2D eigenvalue weighted by Crippen LogP contribution is -2.24. The van der Waals surface area contributed by atoms with Gasteiger partial charge in [0.05, 0.1) is 12.7 Å². The molecule has 3 aromatic rings. The summed E-state index contributed by atoms with van der Waals surface area (Å²) in [4.78, 5) is 0. The Kier molecular flexibility index (Phi) is 9.20. The van der Waals surface area contributed by atoms with Crippen LogP contribution in [0.15, 0.2) is 60.7 Å². The quantitative estimate of drug-likeness (QED) is 0.158. The normalized spacial score (nSPS) is 18.0. The van der Waals surface area contributed by atoms with Crippen LogP contribution < -0.4 is 0 Å². The Balaban J connectivity index is 1.50. The molecular weight excluding hydrogens is 476 g/mol. The van der Waals surface area contributed by atoms with Gasteiger partial charge in [-0.25, -0.2) is 17.6 Å². The van der Waals surface area contributed by atoms with Crippen LogP contribution in [0.4, 0.5) is 17.6 Å². The highest BCUT2D eigenvalue weighted by atomic mass is 19.2. The molecule has 3 aromatic carbocycles. The van der Waals surface area contributed by atoms with Crippen molar-refractivity contribution >= 4 is 0 Å². The molecule has 196 valence electrons. The summed E-state index contributed by atoms with van der Waals surface area (Å²) in [5.41, 5.74) is 1.93. The molecule has 2 atom stereocenters. The average Bonchev–Trinajstić information content (AvgIpc) is 2.91. The number of hydrogen-bond acceptors (Lipinski definition) is 1. The van der Waals surface area contributed by atoms with Crippen LogP contribution in [-0.2, 0) is 11.2 Å². The van der Waals surface area contributed by atoms with Crippen LogP contribution in [0, 0.1) is 23.3 Å². The van der Waals surface area contributed by atoms with E-state index in [0.29, 0.717) is 35.3 Å². The van der Waals surface area contributed by atoms with Crippen LogP contribution in [-0.4, -0.2) is 12.7 Å². The van der Waals surface area contributed by atoms with E-state index in [1.54, 1.807) is 48.5 Å². The molecule has 4 rings (SSSR count). The zero-order valence-corrected chi connectivity index (χ0v) is 21.5. The van der Waals surface area contributed by atoms with Gasteiger partial charge in [0, 0.05) is 17.0 Å². The molecule has 0 N–H and O–H groups in total. The lowest BCUT2D eigenvalue weighted by atomic mass is 9.89. The highest BCUT2D eigenvalue weighted by molar-refractivity contribution is 5.71. The third kappa shape index (κ3) is 6.15. The predicted octanol–water partition coefficient (Wildman–Crippen LogP) is 9.54. The summed E-state index contributed by atoms with van der Waals surface area (Å²) in [6, 6.07) is 12.9. The Morgan fingerprint density at radius 2 is 1.41 bits per heavy atom. The smallest absolute Gasteiger partial charge is 0.166 e. The molecule has 1 nitrogen and oxygen atoms in total.